The highest BCUT2D eigenvalue weighted by atomic mass is 16.5. The standard InChI is InChI=1S/C16H26N2O/c1-19-12-6-5-10-18-11-9-17-16(14-18)13-15-7-3-2-4-8-15/h2-4,7-8,16-17H,5-6,9-14H2,1H3. The summed E-state index contributed by atoms with van der Waals surface area (Å²) in [6.07, 6.45) is 3.55. The lowest BCUT2D eigenvalue weighted by Gasteiger charge is -2.33. The fourth-order valence-electron chi connectivity index (χ4n) is 2.71. The van der Waals surface area contributed by atoms with E-state index < -0.39 is 0 Å². The van der Waals surface area contributed by atoms with Crippen molar-refractivity contribution in [2.75, 3.05) is 39.9 Å². The maximum absolute atomic E-state index is 5.10. The van der Waals surface area contributed by atoms with E-state index in [1.54, 1.807) is 7.11 Å². The van der Waals surface area contributed by atoms with E-state index in [2.05, 4.69) is 40.5 Å². The molecule has 1 fully saturated rings. The number of methoxy groups -OCH3 is 1. The summed E-state index contributed by atoms with van der Waals surface area (Å²) in [5.41, 5.74) is 1.43. The fourth-order valence-corrected chi connectivity index (χ4v) is 2.71. The van der Waals surface area contributed by atoms with Crippen LogP contribution in [0.1, 0.15) is 18.4 Å². The van der Waals surface area contributed by atoms with E-state index >= 15 is 0 Å². The minimum absolute atomic E-state index is 0.596. The summed E-state index contributed by atoms with van der Waals surface area (Å²) in [6.45, 7) is 5.55. The second-order valence-corrected chi connectivity index (χ2v) is 5.34. The molecular weight excluding hydrogens is 236 g/mol. The largest absolute Gasteiger partial charge is 0.385 e. The number of nitrogens with zero attached hydrogens (tertiary/aromatic N) is 1. The summed E-state index contributed by atoms with van der Waals surface area (Å²) in [6, 6.07) is 11.4. The topological polar surface area (TPSA) is 24.5 Å². The number of ether oxygens (including phenoxy) is 1. The first kappa shape index (κ1) is 14.5. The van der Waals surface area contributed by atoms with E-state index in [1.165, 1.54) is 38.0 Å². The molecule has 0 aliphatic carbocycles. The number of hydrogen-bond donors (Lipinski definition) is 1. The molecule has 0 radical (unpaired) electrons. The van der Waals surface area contributed by atoms with Crippen LogP contribution in [0.4, 0.5) is 0 Å². The molecule has 1 unspecified atom stereocenters. The molecule has 1 aromatic carbocycles. The Labute approximate surface area is 116 Å². The van der Waals surface area contributed by atoms with Crippen molar-refractivity contribution in [2.45, 2.75) is 25.3 Å². The number of piperazine rings is 1. The average Bonchev–Trinajstić information content (AvgIpc) is 2.45. The van der Waals surface area contributed by atoms with Gasteiger partial charge in [-0.25, -0.2) is 0 Å². The molecule has 1 aliphatic heterocycles. The number of nitrogens with one attached hydrogen (secondary N) is 1. The minimum atomic E-state index is 0.596. The average molecular weight is 262 g/mol. The molecule has 1 aliphatic rings. The van der Waals surface area contributed by atoms with Crippen LogP contribution in [0.3, 0.4) is 0 Å². The van der Waals surface area contributed by atoms with Gasteiger partial charge in [0.15, 0.2) is 0 Å². The van der Waals surface area contributed by atoms with Crippen molar-refractivity contribution in [3.63, 3.8) is 0 Å². The molecule has 0 amide bonds. The normalized spacial score (nSPS) is 20.6. The second kappa shape index (κ2) is 8.31. The predicted octanol–water partition coefficient (Wildman–Crippen LogP) is 1.93. The monoisotopic (exact) mass is 262 g/mol. The Hall–Kier alpha value is -0.900. The molecule has 106 valence electrons. The van der Waals surface area contributed by atoms with Crippen molar-refractivity contribution >= 4 is 0 Å². The van der Waals surface area contributed by atoms with Crippen LogP contribution >= 0.6 is 0 Å². The summed E-state index contributed by atoms with van der Waals surface area (Å²) in [5.74, 6) is 0. The highest BCUT2D eigenvalue weighted by molar-refractivity contribution is 5.16. The van der Waals surface area contributed by atoms with Crippen LogP contribution in [0.15, 0.2) is 30.3 Å². The third kappa shape index (κ3) is 5.31. The first-order valence-electron chi connectivity index (χ1n) is 7.37. The molecule has 2 rings (SSSR count). The van der Waals surface area contributed by atoms with Gasteiger partial charge in [-0.1, -0.05) is 30.3 Å². The second-order valence-electron chi connectivity index (χ2n) is 5.34. The van der Waals surface area contributed by atoms with Crippen LogP contribution in [0.25, 0.3) is 0 Å². The van der Waals surface area contributed by atoms with Crippen molar-refractivity contribution in [3.05, 3.63) is 35.9 Å². The van der Waals surface area contributed by atoms with Gasteiger partial charge in [0.05, 0.1) is 0 Å². The third-order valence-electron chi connectivity index (χ3n) is 3.74. The Morgan fingerprint density at radius 3 is 2.89 bits per heavy atom. The predicted molar refractivity (Wildman–Crippen MR) is 79.5 cm³/mol. The van der Waals surface area contributed by atoms with Gasteiger partial charge in [-0.3, -0.25) is 0 Å². The Morgan fingerprint density at radius 1 is 1.26 bits per heavy atom. The Morgan fingerprint density at radius 2 is 2.11 bits per heavy atom. The lowest BCUT2D eigenvalue weighted by molar-refractivity contribution is 0.169. The van der Waals surface area contributed by atoms with Gasteiger partial charge in [0.25, 0.3) is 0 Å². The van der Waals surface area contributed by atoms with E-state index in [1.807, 2.05) is 0 Å². The maximum Gasteiger partial charge on any atom is 0.0462 e. The van der Waals surface area contributed by atoms with E-state index in [0.717, 1.165) is 19.6 Å². The van der Waals surface area contributed by atoms with Crippen LogP contribution in [-0.4, -0.2) is 50.8 Å². The van der Waals surface area contributed by atoms with Crippen LogP contribution in [-0.2, 0) is 11.2 Å². The summed E-state index contributed by atoms with van der Waals surface area (Å²) < 4.78 is 5.10. The van der Waals surface area contributed by atoms with Crippen molar-refractivity contribution in [1.82, 2.24) is 10.2 Å². The molecule has 0 bridgehead atoms. The van der Waals surface area contributed by atoms with Gasteiger partial charge in [0.1, 0.15) is 0 Å². The Bertz CT molecular complexity index is 342. The molecule has 0 aromatic heterocycles. The molecule has 1 N–H and O–H groups in total. The summed E-state index contributed by atoms with van der Waals surface area (Å²) in [5, 5.41) is 3.63. The summed E-state index contributed by atoms with van der Waals surface area (Å²) in [7, 11) is 1.78. The zero-order valence-electron chi connectivity index (χ0n) is 12.0. The summed E-state index contributed by atoms with van der Waals surface area (Å²) in [4.78, 5) is 2.58. The smallest absolute Gasteiger partial charge is 0.0462 e. The van der Waals surface area contributed by atoms with Crippen molar-refractivity contribution in [1.29, 1.82) is 0 Å². The molecule has 0 spiro atoms. The van der Waals surface area contributed by atoms with E-state index in [-0.39, 0.29) is 0 Å². The lowest BCUT2D eigenvalue weighted by atomic mass is 10.0. The molecule has 1 heterocycles. The third-order valence-corrected chi connectivity index (χ3v) is 3.74. The zero-order chi connectivity index (χ0) is 13.3. The molecule has 0 saturated carbocycles. The van der Waals surface area contributed by atoms with Crippen molar-refractivity contribution in [2.24, 2.45) is 0 Å². The van der Waals surface area contributed by atoms with Gasteiger partial charge in [0.2, 0.25) is 0 Å². The first-order chi connectivity index (χ1) is 9.38. The Balaban J connectivity index is 1.71. The van der Waals surface area contributed by atoms with Crippen LogP contribution in [0.5, 0.6) is 0 Å². The highest BCUT2D eigenvalue weighted by Crippen LogP contribution is 2.08. The van der Waals surface area contributed by atoms with Gasteiger partial charge >= 0.3 is 0 Å². The number of hydrogen-bond acceptors (Lipinski definition) is 3. The quantitative estimate of drug-likeness (QED) is 0.760. The maximum atomic E-state index is 5.10. The van der Waals surface area contributed by atoms with Gasteiger partial charge in [-0.2, -0.15) is 0 Å². The molecule has 3 heteroatoms. The van der Waals surface area contributed by atoms with Crippen molar-refractivity contribution < 1.29 is 4.74 Å². The molecule has 1 aromatic rings. The van der Waals surface area contributed by atoms with Crippen LogP contribution < -0.4 is 5.32 Å². The van der Waals surface area contributed by atoms with Crippen LogP contribution in [0, 0.1) is 0 Å². The van der Waals surface area contributed by atoms with E-state index in [4.69, 9.17) is 4.74 Å². The number of benzene rings is 1. The van der Waals surface area contributed by atoms with Gasteiger partial charge in [-0.05, 0) is 31.4 Å². The van der Waals surface area contributed by atoms with Gasteiger partial charge < -0.3 is 15.0 Å². The van der Waals surface area contributed by atoms with Crippen molar-refractivity contribution in [3.8, 4) is 0 Å². The number of unbranched alkanes of at least 4 members (excludes halogenated alkanes) is 1. The minimum Gasteiger partial charge on any atom is -0.385 e. The molecule has 1 atom stereocenters. The summed E-state index contributed by atoms with van der Waals surface area (Å²) >= 11 is 0. The zero-order valence-corrected chi connectivity index (χ0v) is 12.0. The highest BCUT2D eigenvalue weighted by Gasteiger charge is 2.18. The van der Waals surface area contributed by atoms with E-state index in [0.29, 0.717) is 6.04 Å². The fraction of sp³-hybridized carbons (Fsp3) is 0.625. The SMILES string of the molecule is COCCCCN1CCNC(Cc2ccccc2)C1. The molecular formula is C16H26N2O. The number of rotatable bonds is 7. The van der Waals surface area contributed by atoms with E-state index in [9.17, 15) is 0 Å². The Kier molecular flexibility index (Phi) is 6.34. The molecule has 19 heavy (non-hydrogen) atoms. The molecule has 3 nitrogen and oxygen atoms in total. The van der Waals surface area contributed by atoms with Crippen LogP contribution in [0.2, 0.25) is 0 Å². The van der Waals surface area contributed by atoms with Gasteiger partial charge in [-0.15, -0.1) is 0 Å². The first-order valence-corrected chi connectivity index (χ1v) is 7.37. The molecule has 1 saturated heterocycles. The van der Waals surface area contributed by atoms with Gasteiger partial charge in [0, 0.05) is 39.4 Å². The lowest BCUT2D eigenvalue weighted by Crippen LogP contribution is -2.51.